The van der Waals surface area contributed by atoms with Gasteiger partial charge in [0.05, 0.1) is 0 Å². The van der Waals surface area contributed by atoms with Crippen molar-refractivity contribution in [1.82, 2.24) is 19.7 Å². The lowest BCUT2D eigenvalue weighted by molar-refractivity contribution is -0.141. The minimum Gasteiger partial charge on any atom is -0.363 e. The predicted octanol–water partition coefficient (Wildman–Crippen LogP) is 4.23. The second-order valence-corrected chi connectivity index (χ2v) is 6.87. The molecule has 0 aliphatic rings. The quantitative estimate of drug-likeness (QED) is 0.593. The second kappa shape index (κ2) is 8.13. The van der Waals surface area contributed by atoms with Gasteiger partial charge in [0.15, 0.2) is 0 Å². The summed E-state index contributed by atoms with van der Waals surface area (Å²) in [5, 5.41) is 5.92. The van der Waals surface area contributed by atoms with E-state index in [1.54, 1.807) is 19.0 Å². The monoisotopic (exact) mass is 458 g/mol. The summed E-state index contributed by atoms with van der Waals surface area (Å²) in [6.07, 6.45) is -7.68. The van der Waals surface area contributed by atoms with Crippen LogP contribution in [0.4, 0.5) is 37.8 Å². The van der Waals surface area contributed by atoms with Crippen LogP contribution in [-0.4, -0.2) is 39.8 Å². The van der Waals surface area contributed by atoms with Crippen molar-refractivity contribution >= 4 is 17.4 Å². The van der Waals surface area contributed by atoms with Gasteiger partial charge >= 0.3 is 12.4 Å². The Kier molecular flexibility index (Phi) is 5.85. The lowest BCUT2D eigenvalue weighted by Crippen LogP contribution is -2.21. The van der Waals surface area contributed by atoms with E-state index in [4.69, 9.17) is 0 Å². The Morgan fingerprint density at radius 3 is 2.25 bits per heavy atom. The van der Waals surface area contributed by atoms with Crippen LogP contribution < -0.4 is 10.2 Å². The lowest BCUT2D eigenvalue weighted by Gasteiger charge is -2.13. The Labute approximate surface area is 177 Å². The van der Waals surface area contributed by atoms with Crippen molar-refractivity contribution in [3.05, 3.63) is 53.6 Å². The molecule has 0 fully saturated rings. The van der Waals surface area contributed by atoms with Gasteiger partial charge in [0.1, 0.15) is 28.5 Å². The summed E-state index contributed by atoms with van der Waals surface area (Å²) in [4.78, 5) is 21.5. The van der Waals surface area contributed by atoms with E-state index < -0.39 is 40.9 Å². The number of aromatic nitrogens is 4. The van der Waals surface area contributed by atoms with E-state index in [2.05, 4.69) is 20.4 Å². The van der Waals surface area contributed by atoms with Gasteiger partial charge in [-0.2, -0.15) is 31.4 Å². The van der Waals surface area contributed by atoms with Gasteiger partial charge in [-0.15, -0.1) is 0 Å². The van der Waals surface area contributed by atoms with Crippen LogP contribution >= 0.6 is 0 Å². The highest BCUT2D eigenvalue weighted by Gasteiger charge is 2.42. The molecule has 3 aromatic heterocycles. The number of carbonyl (C=O) groups is 1. The van der Waals surface area contributed by atoms with E-state index in [-0.39, 0.29) is 11.3 Å². The van der Waals surface area contributed by atoms with Gasteiger partial charge in [0, 0.05) is 44.8 Å². The largest absolute Gasteiger partial charge is 0.433 e. The number of hydrogen-bond acceptors (Lipinski definition) is 5. The first kappa shape index (κ1) is 23.0. The van der Waals surface area contributed by atoms with Crippen molar-refractivity contribution in [2.24, 2.45) is 7.05 Å². The van der Waals surface area contributed by atoms with Crippen LogP contribution in [0.25, 0.3) is 11.3 Å². The number of nitrogens with zero attached hydrogens (tertiary/aromatic N) is 5. The van der Waals surface area contributed by atoms with Gasteiger partial charge in [-0.1, -0.05) is 0 Å². The molecular weight excluding hydrogens is 442 g/mol. The highest BCUT2D eigenvalue weighted by atomic mass is 19.4. The molecule has 7 nitrogen and oxygen atoms in total. The van der Waals surface area contributed by atoms with Crippen LogP contribution in [-0.2, 0) is 19.4 Å². The molecule has 0 aliphatic heterocycles. The Bertz CT molecular complexity index is 1150. The number of alkyl halides is 6. The molecule has 0 bridgehead atoms. The van der Waals surface area contributed by atoms with E-state index in [1.165, 1.54) is 18.3 Å². The molecule has 1 N–H and O–H groups in total. The molecule has 0 radical (unpaired) electrons. The zero-order valence-corrected chi connectivity index (χ0v) is 16.9. The van der Waals surface area contributed by atoms with Gasteiger partial charge in [0.2, 0.25) is 0 Å². The topological polar surface area (TPSA) is 75.9 Å². The molecule has 0 saturated carbocycles. The van der Waals surface area contributed by atoms with Gasteiger partial charge in [-0.3, -0.25) is 14.5 Å². The average Bonchev–Trinajstić information content (AvgIpc) is 3.05. The zero-order valence-electron chi connectivity index (χ0n) is 16.9. The summed E-state index contributed by atoms with van der Waals surface area (Å²) in [5.74, 6) is -0.913. The van der Waals surface area contributed by atoms with Crippen LogP contribution in [0.5, 0.6) is 0 Å². The molecule has 0 spiro atoms. The van der Waals surface area contributed by atoms with Crippen LogP contribution in [0, 0.1) is 0 Å². The smallest absolute Gasteiger partial charge is 0.363 e. The van der Waals surface area contributed by atoms with E-state index >= 15 is 0 Å². The van der Waals surface area contributed by atoms with Gasteiger partial charge < -0.3 is 10.2 Å². The Morgan fingerprint density at radius 1 is 1.00 bits per heavy atom. The number of nitrogens with one attached hydrogen (secondary N) is 1. The fourth-order valence-corrected chi connectivity index (χ4v) is 2.92. The maximum atomic E-state index is 14.0. The van der Waals surface area contributed by atoms with E-state index in [9.17, 15) is 31.1 Å². The summed E-state index contributed by atoms with van der Waals surface area (Å²) >= 11 is 0. The van der Waals surface area contributed by atoms with Gasteiger partial charge in [-0.05, 0) is 24.3 Å². The molecule has 0 saturated heterocycles. The van der Waals surface area contributed by atoms with Crippen LogP contribution in [0.1, 0.15) is 21.7 Å². The molecule has 13 heteroatoms. The highest BCUT2D eigenvalue weighted by molar-refractivity contribution is 6.05. The third kappa shape index (κ3) is 4.65. The summed E-state index contributed by atoms with van der Waals surface area (Å²) in [6.45, 7) is 0. The van der Waals surface area contributed by atoms with E-state index in [0.717, 1.165) is 24.0 Å². The molecule has 3 aromatic rings. The molecule has 3 heterocycles. The second-order valence-electron chi connectivity index (χ2n) is 6.87. The highest BCUT2D eigenvalue weighted by Crippen LogP contribution is 2.40. The molecule has 3 rings (SSSR count). The molecule has 0 unspecified atom stereocenters. The number of pyridine rings is 2. The predicted molar refractivity (Wildman–Crippen MR) is 103 cm³/mol. The Balaban J connectivity index is 2.08. The Hall–Kier alpha value is -3.64. The van der Waals surface area contributed by atoms with Crippen molar-refractivity contribution in [2.75, 3.05) is 24.3 Å². The first-order valence-corrected chi connectivity index (χ1v) is 8.91. The minimum absolute atomic E-state index is 0.0638. The molecule has 0 aromatic carbocycles. The average molecular weight is 458 g/mol. The van der Waals surface area contributed by atoms with Crippen LogP contribution in [0.3, 0.4) is 0 Å². The number of carbonyl (C=O) groups excluding carboxylic acids is 1. The normalized spacial score (nSPS) is 12.0. The molecule has 1 amide bonds. The Morgan fingerprint density at radius 2 is 1.66 bits per heavy atom. The van der Waals surface area contributed by atoms with Crippen LogP contribution in [0.2, 0.25) is 0 Å². The third-order valence-corrected chi connectivity index (χ3v) is 4.33. The summed E-state index contributed by atoms with van der Waals surface area (Å²) in [6, 6.07) is 4.24. The zero-order chi connectivity index (χ0) is 23.8. The third-order valence-electron chi connectivity index (χ3n) is 4.33. The summed E-state index contributed by atoms with van der Waals surface area (Å²) in [7, 11) is 4.44. The van der Waals surface area contributed by atoms with E-state index in [0.29, 0.717) is 11.9 Å². The van der Waals surface area contributed by atoms with Crippen molar-refractivity contribution < 1.29 is 31.1 Å². The number of amides is 1. The fraction of sp³-hybridized carbons (Fsp3) is 0.263. The molecule has 0 aliphatic carbocycles. The number of halogens is 6. The molecule has 32 heavy (non-hydrogen) atoms. The maximum Gasteiger partial charge on any atom is 0.433 e. The molecule has 0 atom stereocenters. The SMILES string of the molecule is CN(C)c1cc(-c2nn(C)c(C(=O)Nc3ccnc(C(F)(F)F)c3)c2C(F)(F)F)ccn1. The van der Waals surface area contributed by atoms with Crippen LogP contribution in [0.15, 0.2) is 36.7 Å². The summed E-state index contributed by atoms with van der Waals surface area (Å²) in [5.41, 5.74) is -4.30. The van der Waals surface area contributed by atoms with Gasteiger partial charge in [0.25, 0.3) is 5.91 Å². The maximum absolute atomic E-state index is 14.0. The first-order valence-electron chi connectivity index (χ1n) is 8.91. The molecule has 170 valence electrons. The molecular formula is C19H16F6N6O. The summed E-state index contributed by atoms with van der Waals surface area (Å²) < 4.78 is 81.2. The van der Waals surface area contributed by atoms with E-state index in [1.807, 2.05) is 0 Å². The van der Waals surface area contributed by atoms with Crippen molar-refractivity contribution in [1.29, 1.82) is 0 Å². The van der Waals surface area contributed by atoms with Crippen molar-refractivity contribution in [3.8, 4) is 11.3 Å². The minimum atomic E-state index is -4.98. The number of anilines is 2. The van der Waals surface area contributed by atoms with Crippen molar-refractivity contribution in [2.45, 2.75) is 12.4 Å². The number of rotatable bonds is 4. The van der Waals surface area contributed by atoms with Crippen molar-refractivity contribution in [3.63, 3.8) is 0 Å². The standard InChI is InChI=1S/C19H16F6N6O/c1-30(2)13-8-10(4-6-27-13)15-14(19(23,24)25)16(31(3)29-15)17(32)28-11-5-7-26-12(9-11)18(20,21)22/h4-9H,1-3H3,(H,26,28,32). The fourth-order valence-electron chi connectivity index (χ4n) is 2.92. The first-order chi connectivity index (χ1) is 14.8. The van der Waals surface area contributed by atoms with Gasteiger partial charge in [-0.25, -0.2) is 4.98 Å². The number of aryl methyl sites for hydroxylation is 1. The number of hydrogen-bond donors (Lipinski definition) is 1. The lowest BCUT2D eigenvalue weighted by atomic mass is 10.1.